The summed E-state index contributed by atoms with van der Waals surface area (Å²) >= 11 is 0. The molecule has 3 heteroatoms. The van der Waals surface area contributed by atoms with Crippen LogP contribution in [-0.2, 0) is 0 Å². The zero-order chi connectivity index (χ0) is 15.6. The molecule has 2 N–H and O–H groups in total. The third-order valence-electron chi connectivity index (χ3n) is 3.71. The van der Waals surface area contributed by atoms with Crippen molar-refractivity contribution in [2.24, 2.45) is 0 Å². The molecule has 1 atom stereocenters. The second kappa shape index (κ2) is 6.08. The number of hydrogen-bond donors (Lipinski definition) is 1. The molecule has 0 fully saturated rings. The summed E-state index contributed by atoms with van der Waals surface area (Å²) in [6.45, 7) is 5.56. The van der Waals surface area contributed by atoms with Crippen molar-refractivity contribution in [3.8, 4) is 0 Å². The molecular weight excluding hydrogens is 265 g/mol. The quantitative estimate of drug-likeness (QED) is 0.668. The van der Waals surface area contributed by atoms with Crippen LogP contribution in [-0.4, -0.2) is 5.78 Å². The second-order valence-corrected chi connectivity index (χ2v) is 5.63. The second-order valence-electron chi connectivity index (χ2n) is 5.63. The molecule has 21 heavy (non-hydrogen) atoms. The van der Waals surface area contributed by atoms with Gasteiger partial charge in [-0.25, -0.2) is 4.39 Å². The predicted octanol–water partition coefficient (Wildman–Crippen LogP) is 4.40. The van der Waals surface area contributed by atoms with E-state index in [1.165, 1.54) is 6.07 Å². The number of carbonyl (C=O) groups excluding carboxylic acids is 1. The normalized spacial score (nSPS) is 12.2. The summed E-state index contributed by atoms with van der Waals surface area (Å²) in [5.41, 5.74) is 9.11. The summed E-state index contributed by atoms with van der Waals surface area (Å²) in [4.78, 5) is 12.4. The van der Waals surface area contributed by atoms with Crippen molar-refractivity contribution < 1.29 is 9.18 Å². The largest absolute Gasteiger partial charge is 0.399 e. The molecule has 0 aliphatic heterocycles. The summed E-state index contributed by atoms with van der Waals surface area (Å²) in [5, 5.41) is 0. The number of carbonyl (C=O) groups is 1. The molecule has 2 nitrogen and oxygen atoms in total. The maximum absolute atomic E-state index is 14.0. The van der Waals surface area contributed by atoms with Crippen molar-refractivity contribution in [2.45, 2.75) is 33.1 Å². The smallest absolute Gasteiger partial charge is 0.166 e. The van der Waals surface area contributed by atoms with Gasteiger partial charge in [0.15, 0.2) is 5.78 Å². The van der Waals surface area contributed by atoms with Crippen LogP contribution in [0.15, 0.2) is 36.4 Å². The average molecular weight is 285 g/mol. The fourth-order valence-corrected chi connectivity index (χ4v) is 2.59. The van der Waals surface area contributed by atoms with E-state index in [0.29, 0.717) is 11.3 Å². The van der Waals surface area contributed by atoms with E-state index in [2.05, 4.69) is 0 Å². The lowest BCUT2D eigenvalue weighted by Gasteiger charge is -2.13. The molecule has 0 bridgehead atoms. The van der Waals surface area contributed by atoms with Crippen LogP contribution in [0.5, 0.6) is 0 Å². The number of anilines is 1. The van der Waals surface area contributed by atoms with Crippen molar-refractivity contribution >= 4 is 11.5 Å². The van der Waals surface area contributed by atoms with Gasteiger partial charge in [0.25, 0.3) is 0 Å². The molecule has 0 heterocycles. The molecule has 0 spiro atoms. The first kappa shape index (κ1) is 15.2. The van der Waals surface area contributed by atoms with Gasteiger partial charge in [-0.05, 0) is 54.7 Å². The monoisotopic (exact) mass is 285 g/mol. The van der Waals surface area contributed by atoms with Gasteiger partial charge in [0.1, 0.15) is 5.82 Å². The lowest BCUT2D eigenvalue weighted by atomic mass is 9.91. The molecule has 110 valence electrons. The van der Waals surface area contributed by atoms with Crippen LogP contribution >= 0.6 is 0 Å². The number of rotatable bonds is 4. The Morgan fingerprint density at radius 1 is 1.19 bits per heavy atom. The Hall–Kier alpha value is -2.16. The van der Waals surface area contributed by atoms with Gasteiger partial charge in [-0.2, -0.15) is 0 Å². The molecule has 2 rings (SSSR count). The molecule has 0 aromatic heterocycles. The minimum absolute atomic E-state index is 0.0261. The van der Waals surface area contributed by atoms with Crippen LogP contribution in [0.1, 0.15) is 46.3 Å². The van der Waals surface area contributed by atoms with Crippen LogP contribution in [0.25, 0.3) is 0 Å². The first-order valence-electron chi connectivity index (χ1n) is 7.04. The van der Waals surface area contributed by atoms with Gasteiger partial charge < -0.3 is 5.73 Å². The minimum atomic E-state index is -0.429. The van der Waals surface area contributed by atoms with E-state index in [9.17, 15) is 9.18 Å². The molecule has 2 aromatic rings. The van der Waals surface area contributed by atoms with E-state index in [1.807, 2.05) is 44.2 Å². The molecule has 0 radical (unpaired) electrons. The summed E-state index contributed by atoms with van der Waals surface area (Å²) in [5.74, 6) is -0.561. The van der Waals surface area contributed by atoms with Crippen molar-refractivity contribution in [3.05, 3.63) is 64.5 Å². The predicted molar refractivity (Wildman–Crippen MR) is 84.1 cm³/mol. The Bertz CT molecular complexity index is 638. The van der Waals surface area contributed by atoms with Crippen LogP contribution in [0.3, 0.4) is 0 Å². The highest BCUT2D eigenvalue weighted by Gasteiger charge is 2.18. The third kappa shape index (κ3) is 3.48. The van der Waals surface area contributed by atoms with E-state index in [1.54, 1.807) is 6.92 Å². The molecule has 0 amide bonds. The topological polar surface area (TPSA) is 43.1 Å². The van der Waals surface area contributed by atoms with Crippen LogP contribution in [0.4, 0.5) is 10.1 Å². The maximum atomic E-state index is 14.0. The van der Waals surface area contributed by atoms with Crippen LogP contribution in [0, 0.1) is 19.7 Å². The minimum Gasteiger partial charge on any atom is -0.399 e. The maximum Gasteiger partial charge on any atom is 0.166 e. The molecule has 0 saturated heterocycles. The van der Waals surface area contributed by atoms with Gasteiger partial charge in [0, 0.05) is 12.1 Å². The lowest BCUT2D eigenvalue weighted by Crippen LogP contribution is -2.09. The summed E-state index contributed by atoms with van der Waals surface area (Å²) in [6.07, 6.45) is 0.282. The number of ketones is 1. The van der Waals surface area contributed by atoms with Gasteiger partial charge in [-0.3, -0.25) is 4.79 Å². The molecule has 0 aliphatic carbocycles. The third-order valence-corrected chi connectivity index (χ3v) is 3.71. The number of hydrogen-bond acceptors (Lipinski definition) is 2. The van der Waals surface area contributed by atoms with Gasteiger partial charge in [0.2, 0.25) is 0 Å². The van der Waals surface area contributed by atoms with Gasteiger partial charge in [-0.1, -0.05) is 25.1 Å². The fraction of sp³-hybridized carbons (Fsp3) is 0.278. The van der Waals surface area contributed by atoms with Crippen molar-refractivity contribution in [1.82, 2.24) is 0 Å². The molecule has 2 aromatic carbocycles. The Balaban J connectivity index is 2.20. The molecule has 0 saturated carbocycles. The van der Waals surface area contributed by atoms with Crippen molar-refractivity contribution in [1.29, 1.82) is 0 Å². The van der Waals surface area contributed by atoms with E-state index < -0.39 is 5.82 Å². The van der Waals surface area contributed by atoms with E-state index >= 15 is 0 Å². The van der Waals surface area contributed by atoms with Crippen molar-refractivity contribution in [3.63, 3.8) is 0 Å². The van der Waals surface area contributed by atoms with Crippen LogP contribution < -0.4 is 5.73 Å². The Morgan fingerprint density at radius 3 is 2.38 bits per heavy atom. The molecule has 1 unspecified atom stereocenters. The first-order valence-corrected chi connectivity index (χ1v) is 7.04. The number of Topliss-reactive ketones (excluding diaryl/α,β-unsaturated/α-hetero) is 1. The number of aryl methyl sites for hydroxylation is 2. The summed E-state index contributed by atoms with van der Waals surface area (Å²) in [7, 11) is 0. The Labute approximate surface area is 124 Å². The first-order chi connectivity index (χ1) is 9.88. The highest BCUT2D eigenvalue weighted by molar-refractivity contribution is 5.98. The standard InChI is InChI=1S/C18H20FNO/c1-11-8-13(3)18(16(19)9-11)17(21)10-12(2)14-4-6-15(20)7-5-14/h4-9,12H,10,20H2,1-3H3. The number of halogens is 1. The summed E-state index contributed by atoms with van der Waals surface area (Å²) < 4.78 is 14.0. The van der Waals surface area contributed by atoms with Crippen molar-refractivity contribution in [2.75, 3.05) is 5.73 Å². The molecule has 0 aliphatic rings. The zero-order valence-electron chi connectivity index (χ0n) is 12.6. The van der Waals surface area contributed by atoms with E-state index in [0.717, 1.165) is 11.1 Å². The lowest BCUT2D eigenvalue weighted by molar-refractivity contribution is 0.0971. The molecular formula is C18H20FNO. The van der Waals surface area contributed by atoms with Gasteiger partial charge in [0.05, 0.1) is 5.56 Å². The average Bonchev–Trinajstić information content (AvgIpc) is 2.37. The highest BCUT2D eigenvalue weighted by Crippen LogP contribution is 2.25. The Kier molecular flexibility index (Phi) is 4.41. The van der Waals surface area contributed by atoms with Gasteiger partial charge in [-0.15, -0.1) is 0 Å². The Morgan fingerprint density at radius 2 is 1.81 bits per heavy atom. The van der Waals surface area contributed by atoms with Crippen LogP contribution in [0.2, 0.25) is 0 Å². The van der Waals surface area contributed by atoms with E-state index in [-0.39, 0.29) is 23.7 Å². The number of nitrogens with two attached hydrogens (primary N) is 1. The summed E-state index contributed by atoms with van der Waals surface area (Å²) in [6, 6.07) is 10.7. The number of benzene rings is 2. The SMILES string of the molecule is Cc1cc(C)c(C(=O)CC(C)c2ccc(N)cc2)c(F)c1. The van der Waals surface area contributed by atoms with Gasteiger partial charge >= 0.3 is 0 Å². The zero-order valence-corrected chi connectivity index (χ0v) is 12.6. The highest BCUT2D eigenvalue weighted by atomic mass is 19.1. The van der Waals surface area contributed by atoms with E-state index in [4.69, 9.17) is 5.73 Å². The fourth-order valence-electron chi connectivity index (χ4n) is 2.59. The number of nitrogen functional groups attached to an aromatic ring is 1.